The number of rotatable bonds is 5. The number of halogens is 2. The number of thioether (sulfide) groups is 1. The first-order valence-corrected chi connectivity index (χ1v) is 7.93. The Hall–Kier alpha value is -0.260. The van der Waals surface area contributed by atoms with Crippen molar-refractivity contribution in [3.8, 4) is 0 Å². The molecule has 0 aliphatic heterocycles. The molecular formula is C12H12Cl2N2S2. The molecule has 0 bridgehead atoms. The maximum atomic E-state index is 6.17. The Labute approximate surface area is 125 Å². The molecule has 1 aromatic heterocycles. The number of nitrogens with zero attached hydrogens (tertiary/aromatic N) is 1. The predicted molar refractivity (Wildman–Crippen MR) is 80.8 cm³/mol. The third kappa shape index (κ3) is 3.62. The predicted octanol–water partition coefficient (Wildman–Crippen LogP) is 4.63. The van der Waals surface area contributed by atoms with Crippen molar-refractivity contribution in [2.75, 3.05) is 6.54 Å². The standard InChI is InChI=1S/C12H12Cl2N2S2/c13-8-1-2-9(14)11(7-8)18-10(3-4-15)12-16-5-6-17-12/h1-2,5-7,10H,3-4,15H2. The lowest BCUT2D eigenvalue weighted by Gasteiger charge is -2.14. The van der Waals surface area contributed by atoms with Crippen LogP contribution in [0.1, 0.15) is 16.7 Å². The number of hydrogen-bond donors (Lipinski definition) is 1. The van der Waals surface area contributed by atoms with E-state index in [1.807, 2.05) is 23.7 Å². The highest BCUT2D eigenvalue weighted by Gasteiger charge is 2.16. The summed E-state index contributed by atoms with van der Waals surface area (Å²) in [6, 6.07) is 5.48. The molecular weight excluding hydrogens is 307 g/mol. The highest BCUT2D eigenvalue weighted by molar-refractivity contribution is 7.99. The maximum Gasteiger partial charge on any atom is 0.106 e. The van der Waals surface area contributed by atoms with Gasteiger partial charge >= 0.3 is 0 Å². The molecule has 1 aromatic carbocycles. The van der Waals surface area contributed by atoms with E-state index in [1.165, 1.54) is 0 Å². The molecule has 0 radical (unpaired) electrons. The van der Waals surface area contributed by atoms with Gasteiger partial charge < -0.3 is 5.73 Å². The van der Waals surface area contributed by atoms with Crippen molar-refractivity contribution >= 4 is 46.3 Å². The molecule has 96 valence electrons. The summed E-state index contributed by atoms with van der Waals surface area (Å²) >= 11 is 15.5. The molecule has 0 aliphatic rings. The normalized spacial score (nSPS) is 12.6. The number of nitrogens with two attached hydrogens (primary N) is 1. The van der Waals surface area contributed by atoms with E-state index in [0.29, 0.717) is 16.6 Å². The van der Waals surface area contributed by atoms with E-state index in [1.54, 1.807) is 29.2 Å². The molecule has 18 heavy (non-hydrogen) atoms. The lowest BCUT2D eigenvalue weighted by atomic mass is 10.3. The quantitative estimate of drug-likeness (QED) is 0.817. The lowest BCUT2D eigenvalue weighted by Crippen LogP contribution is -2.04. The first-order chi connectivity index (χ1) is 8.70. The van der Waals surface area contributed by atoms with Gasteiger partial charge in [0.1, 0.15) is 5.01 Å². The minimum Gasteiger partial charge on any atom is -0.330 e. The van der Waals surface area contributed by atoms with E-state index in [0.717, 1.165) is 16.3 Å². The van der Waals surface area contributed by atoms with Crippen LogP contribution in [0.2, 0.25) is 10.0 Å². The van der Waals surface area contributed by atoms with Crippen LogP contribution in [0.5, 0.6) is 0 Å². The fourth-order valence-electron chi connectivity index (χ4n) is 1.50. The minimum atomic E-state index is 0.228. The summed E-state index contributed by atoms with van der Waals surface area (Å²) in [7, 11) is 0. The van der Waals surface area contributed by atoms with Crippen molar-refractivity contribution in [3.63, 3.8) is 0 Å². The zero-order valence-electron chi connectivity index (χ0n) is 9.48. The van der Waals surface area contributed by atoms with Crippen molar-refractivity contribution < 1.29 is 0 Å². The second-order valence-electron chi connectivity index (χ2n) is 3.63. The lowest BCUT2D eigenvalue weighted by molar-refractivity contribution is 0.807. The van der Waals surface area contributed by atoms with E-state index in [4.69, 9.17) is 28.9 Å². The molecule has 0 aliphatic carbocycles. The van der Waals surface area contributed by atoms with Gasteiger partial charge in [0.25, 0.3) is 0 Å². The van der Waals surface area contributed by atoms with E-state index in [-0.39, 0.29) is 5.25 Å². The smallest absolute Gasteiger partial charge is 0.106 e. The summed E-state index contributed by atoms with van der Waals surface area (Å²) in [6.07, 6.45) is 2.67. The van der Waals surface area contributed by atoms with Crippen LogP contribution in [0.3, 0.4) is 0 Å². The summed E-state index contributed by atoms with van der Waals surface area (Å²) in [5.74, 6) is 0. The Morgan fingerprint density at radius 2 is 2.22 bits per heavy atom. The Bertz CT molecular complexity index is 503. The fraction of sp³-hybridized carbons (Fsp3) is 0.250. The van der Waals surface area contributed by atoms with E-state index < -0.39 is 0 Å². The molecule has 0 spiro atoms. The Kier molecular flexibility index (Phi) is 5.33. The second kappa shape index (κ2) is 6.78. The monoisotopic (exact) mass is 318 g/mol. The third-order valence-electron chi connectivity index (χ3n) is 2.32. The summed E-state index contributed by atoms with van der Waals surface area (Å²) < 4.78 is 0. The molecule has 1 atom stereocenters. The molecule has 1 heterocycles. The van der Waals surface area contributed by atoms with Gasteiger partial charge in [-0.15, -0.1) is 23.1 Å². The van der Waals surface area contributed by atoms with Gasteiger partial charge in [0.05, 0.1) is 10.3 Å². The first-order valence-electron chi connectivity index (χ1n) is 5.42. The van der Waals surface area contributed by atoms with Gasteiger partial charge in [0, 0.05) is 21.5 Å². The van der Waals surface area contributed by atoms with Gasteiger partial charge in [0.2, 0.25) is 0 Å². The SMILES string of the molecule is NCCC(Sc1cc(Cl)ccc1Cl)c1nccs1. The molecule has 2 rings (SSSR count). The van der Waals surface area contributed by atoms with Crippen LogP contribution in [0.15, 0.2) is 34.7 Å². The summed E-state index contributed by atoms with van der Waals surface area (Å²) in [6.45, 7) is 0.620. The number of benzene rings is 1. The van der Waals surface area contributed by atoms with Crippen molar-refractivity contribution in [2.24, 2.45) is 5.73 Å². The van der Waals surface area contributed by atoms with Gasteiger partial charge in [-0.1, -0.05) is 23.2 Å². The molecule has 2 N–H and O–H groups in total. The molecule has 0 fully saturated rings. The van der Waals surface area contributed by atoms with Crippen molar-refractivity contribution in [1.82, 2.24) is 4.98 Å². The van der Waals surface area contributed by atoms with Gasteiger partial charge in [-0.25, -0.2) is 4.98 Å². The minimum absolute atomic E-state index is 0.228. The first kappa shape index (κ1) is 14.2. The summed E-state index contributed by atoms with van der Waals surface area (Å²) in [5.41, 5.74) is 5.66. The molecule has 2 nitrogen and oxygen atoms in total. The van der Waals surface area contributed by atoms with Crippen LogP contribution in [0.25, 0.3) is 0 Å². The van der Waals surface area contributed by atoms with Gasteiger partial charge in [-0.05, 0) is 31.2 Å². The zero-order chi connectivity index (χ0) is 13.0. The molecule has 0 saturated heterocycles. The Balaban J connectivity index is 2.21. The third-order valence-corrected chi connectivity index (χ3v) is 5.37. The van der Waals surface area contributed by atoms with Crippen LogP contribution >= 0.6 is 46.3 Å². The largest absolute Gasteiger partial charge is 0.330 e. The average molecular weight is 319 g/mol. The molecule has 0 saturated carbocycles. The van der Waals surface area contributed by atoms with E-state index in [2.05, 4.69) is 4.98 Å². The highest BCUT2D eigenvalue weighted by Crippen LogP contribution is 2.42. The molecule has 1 unspecified atom stereocenters. The molecule has 6 heteroatoms. The van der Waals surface area contributed by atoms with Gasteiger partial charge in [0.15, 0.2) is 0 Å². The van der Waals surface area contributed by atoms with Crippen LogP contribution in [-0.2, 0) is 0 Å². The average Bonchev–Trinajstić information content (AvgIpc) is 2.87. The number of hydrogen-bond acceptors (Lipinski definition) is 4. The summed E-state index contributed by atoms with van der Waals surface area (Å²) in [4.78, 5) is 5.32. The highest BCUT2D eigenvalue weighted by atomic mass is 35.5. The summed E-state index contributed by atoms with van der Waals surface area (Å²) in [5, 5.41) is 4.67. The van der Waals surface area contributed by atoms with Crippen molar-refractivity contribution in [1.29, 1.82) is 0 Å². The van der Waals surface area contributed by atoms with Gasteiger partial charge in [-0.3, -0.25) is 0 Å². The van der Waals surface area contributed by atoms with Crippen molar-refractivity contribution in [3.05, 3.63) is 44.8 Å². The Morgan fingerprint density at radius 1 is 1.39 bits per heavy atom. The number of aromatic nitrogens is 1. The van der Waals surface area contributed by atoms with Crippen LogP contribution in [0, 0.1) is 0 Å². The van der Waals surface area contributed by atoms with Crippen LogP contribution < -0.4 is 5.73 Å². The topological polar surface area (TPSA) is 38.9 Å². The zero-order valence-corrected chi connectivity index (χ0v) is 12.6. The van der Waals surface area contributed by atoms with Crippen molar-refractivity contribution in [2.45, 2.75) is 16.6 Å². The Morgan fingerprint density at radius 3 is 2.89 bits per heavy atom. The van der Waals surface area contributed by atoms with E-state index >= 15 is 0 Å². The van der Waals surface area contributed by atoms with Crippen LogP contribution in [0.4, 0.5) is 0 Å². The maximum absolute atomic E-state index is 6.17. The second-order valence-corrected chi connectivity index (χ2v) is 6.64. The molecule has 0 amide bonds. The van der Waals surface area contributed by atoms with Crippen LogP contribution in [-0.4, -0.2) is 11.5 Å². The molecule has 2 aromatic rings. The number of thiazole rings is 1. The fourth-order valence-corrected chi connectivity index (χ4v) is 4.05. The van der Waals surface area contributed by atoms with Gasteiger partial charge in [-0.2, -0.15) is 0 Å². The van der Waals surface area contributed by atoms with E-state index in [9.17, 15) is 0 Å².